The second-order valence-electron chi connectivity index (χ2n) is 5.99. The van der Waals surface area contributed by atoms with E-state index < -0.39 is 0 Å². The van der Waals surface area contributed by atoms with Crippen molar-refractivity contribution in [3.63, 3.8) is 0 Å². The van der Waals surface area contributed by atoms with Crippen LogP contribution in [0.2, 0.25) is 0 Å². The third kappa shape index (κ3) is 2.92. The predicted molar refractivity (Wildman–Crippen MR) is 86.8 cm³/mol. The molecule has 108 valence electrons. The number of hydrogen-bond donors (Lipinski definition) is 0. The van der Waals surface area contributed by atoms with Crippen LogP contribution < -0.4 is 0 Å². The first-order valence-corrected chi connectivity index (χ1v) is 7.98. The minimum Gasteiger partial charge on any atom is -0.293 e. The number of Topliss-reactive ketones (excluding diaryl/α,β-unsaturated/α-hetero) is 1. The Morgan fingerprint density at radius 3 is 2.24 bits per heavy atom. The van der Waals surface area contributed by atoms with Gasteiger partial charge in [0.15, 0.2) is 5.78 Å². The Kier molecular flexibility index (Phi) is 4.19. The van der Waals surface area contributed by atoms with Gasteiger partial charge in [-0.3, -0.25) is 4.79 Å². The Labute approximate surface area is 127 Å². The van der Waals surface area contributed by atoms with Crippen LogP contribution in [-0.2, 0) is 0 Å². The van der Waals surface area contributed by atoms with Gasteiger partial charge in [-0.2, -0.15) is 0 Å². The maximum absolute atomic E-state index is 12.7. The van der Waals surface area contributed by atoms with Crippen LogP contribution >= 0.6 is 0 Å². The number of rotatable bonds is 5. The lowest BCUT2D eigenvalue weighted by Crippen LogP contribution is -2.13. The van der Waals surface area contributed by atoms with Gasteiger partial charge in [-0.25, -0.2) is 0 Å². The maximum atomic E-state index is 12.7. The smallest absolute Gasteiger partial charge is 0.170 e. The molecule has 1 aliphatic carbocycles. The molecule has 0 saturated heterocycles. The second-order valence-corrected chi connectivity index (χ2v) is 5.99. The van der Waals surface area contributed by atoms with E-state index in [9.17, 15) is 4.79 Å². The number of hydrogen-bond acceptors (Lipinski definition) is 1. The van der Waals surface area contributed by atoms with Gasteiger partial charge in [-0.05, 0) is 36.3 Å². The Bertz CT molecular complexity index is 593. The minimum absolute atomic E-state index is 0.0271. The minimum atomic E-state index is -0.0271. The van der Waals surface area contributed by atoms with E-state index >= 15 is 0 Å². The highest BCUT2D eigenvalue weighted by molar-refractivity contribution is 6.01. The summed E-state index contributed by atoms with van der Waals surface area (Å²) in [5.41, 5.74) is 3.35. The molecule has 1 saturated carbocycles. The first kappa shape index (κ1) is 14.1. The molecule has 1 unspecified atom stereocenters. The largest absolute Gasteiger partial charge is 0.293 e. The lowest BCUT2D eigenvalue weighted by molar-refractivity contribution is 0.0957. The van der Waals surface area contributed by atoms with Crippen molar-refractivity contribution in [1.29, 1.82) is 0 Å². The molecule has 0 bridgehead atoms. The van der Waals surface area contributed by atoms with E-state index in [-0.39, 0.29) is 11.7 Å². The highest BCUT2D eigenvalue weighted by atomic mass is 16.1. The normalized spacial score (nSPS) is 16.2. The zero-order chi connectivity index (χ0) is 14.7. The van der Waals surface area contributed by atoms with Gasteiger partial charge in [0.25, 0.3) is 0 Å². The summed E-state index contributed by atoms with van der Waals surface area (Å²) in [5.74, 6) is 0.940. The Hall–Kier alpha value is -1.89. The highest BCUT2D eigenvalue weighted by Gasteiger charge is 2.22. The van der Waals surface area contributed by atoms with E-state index in [1.54, 1.807) is 0 Å². The van der Waals surface area contributed by atoms with E-state index in [2.05, 4.69) is 31.2 Å². The number of benzene rings is 2. The van der Waals surface area contributed by atoms with Gasteiger partial charge >= 0.3 is 0 Å². The summed E-state index contributed by atoms with van der Waals surface area (Å²) in [7, 11) is 0. The Morgan fingerprint density at radius 2 is 1.71 bits per heavy atom. The van der Waals surface area contributed by atoms with Crippen molar-refractivity contribution in [2.24, 2.45) is 0 Å². The molecule has 1 heteroatoms. The summed E-state index contributed by atoms with van der Waals surface area (Å²) >= 11 is 0. The molecule has 0 amide bonds. The third-order valence-electron chi connectivity index (χ3n) is 4.70. The summed E-state index contributed by atoms with van der Waals surface area (Å²) in [6, 6.07) is 18.4. The Morgan fingerprint density at radius 1 is 1.05 bits per heavy atom. The molecule has 1 nitrogen and oxygen atoms in total. The van der Waals surface area contributed by atoms with E-state index in [0.29, 0.717) is 0 Å². The molecule has 0 N–H and O–H groups in total. The van der Waals surface area contributed by atoms with Crippen molar-refractivity contribution >= 4 is 5.78 Å². The second kappa shape index (κ2) is 6.26. The number of carbonyl (C=O) groups excluding carboxylic acids is 1. The van der Waals surface area contributed by atoms with Crippen LogP contribution in [0.25, 0.3) is 0 Å². The summed E-state index contributed by atoms with van der Waals surface area (Å²) < 4.78 is 0. The third-order valence-corrected chi connectivity index (χ3v) is 4.70. The van der Waals surface area contributed by atoms with Crippen LogP contribution in [0.3, 0.4) is 0 Å². The molecule has 2 aromatic carbocycles. The zero-order valence-corrected chi connectivity index (χ0v) is 12.6. The molecule has 0 radical (unpaired) electrons. The van der Waals surface area contributed by atoms with E-state index in [0.717, 1.165) is 23.5 Å². The lowest BCUT2D eigenvalue weighted by atomic mass is 9.79. The van der Waals surface area contributed by atoms with Crippen LogP contribution in [0.5, 0.6) is 0 Å². The average molecular weight is 278 g/mol. The summed E-state index contributed by atoms with van der Waals surface area (Å²) in [6.45, 7) is 2.08. The van der Waals surface area contributed by atoms with E-state index in [1.807, 2.05) is 30.3 Å². The van der Waals surface area contributed by atoms with Gasteiger partial charge in [-0.1, -0.05) is 67.9 Å². The van der Waals surface area contributed by atoms with Crippen LogP contribution in [0.4, 0.5) is 0 Å². The van der Waals surface area contributed by atoms with Gasteiger partial charge in [0.1, 0.15) is 0 Å². The van der Waals surface area contributed by atoms with Crippen LogP contribution in [0.1, 0.15) is 65.9 Å². The van der Waals surface area contributed by atoms with Crippen molar-refractivity contribution in [2.45, 2.75) is 44.4 Å². The zero-order valence-electron chi connectivity index (χ0n) is 12.6. The van der Waals surface area contributed by atoms with Gasteiger partial charge in [0.2, 0.25) is 0 Å². The summed E-state index contributed by atoms with van der Waals surface area (Å²) in [6.07, 6.45) is 4.79. The van der Waals surface area contributed by atoms with Crippen molar-refractivity contribution < 1.29 is 4.79 Å². The molecule has 3 rings (SSSR count). The fourth-order valence-electron chi connectivity index (χ4n) is 3.12. The molecule has 0 spiro atoms. The van der Waals surface area contributed by atoms with Crippen molar-refractivity contribution in [2.75, 3.05) is 0 Å². The average Bonchev–Trinajstić information content (AvgIpc) is 2.48. The van der Waals surface area contributed by atoms with Gasteiger partial charge in [0.05, 0.1) is 0 Å². The molecule has 0 aromatic heterocycles. The molecule has 1 aliphatic rings. The van der Waals surface area contributed by atoms with Gasteiger partial charge in [-0.15, -0.1) is 0 Å². The van der Waals surface area contributed by atoms with Gasteiger partial charge < -0.3 is 0 Å². The van der Waals surface area contributed by atoms with Crippen LogP contribution in [0, 0.1) is 0 Å². The van der Waals surface area contributed by atoms with Crippen molar-refractivity contribution in [3.05, 3.63) is 71.3 Å². The molecule has 1 atom stereocenters. The number of carbonyl (C=O) groups is 1. The first-order valence-electron chi connectivity index (χ1n) is 7.98. The fourth-order valence-corrected chi connectivity index (χ4v) is 3.12. The molecule has 2 aromatic rings. The monoisotopic (exact) mass is 278 g/mol. The van der Waals surface area contributed by atoms with Crippen LogP contribution in [-0.4, -0.2) is 5.78 Å². The standard InChI is InChI=1S/C20H22O/c1-2-19(17-7-4-3-5-8-17)20(21)18-13-11-16(12-14-18)15-9-6-10-15/h3-5,7-8,11-15,19H,2,6,9-10H2,1H3. The lowest BCUT2D eigenvalue weighted by Gasteiger charge is -2.26. The van der Waals surface area contributed by atoms with Crippen LogP contribution in [0.15, 0.2) is 54.6 Å². The molecule has 1 fully saturated rings. The molecular weight excluding hydrogens is 256 g/mol. The molecular formula is C20H22O. The molecule has 0 heterocycles. The maximum Gasteiger partial charge on any atom is 0.170 e. The SMILES string of the molecule is CCC(C(=O)c1ccc(C2CCC2)cc1)c1ccccc1. The van der Waals surface area contributed by atoms with Crippen molar-refractivity contribution in [3.8, 4) is 0 Å². The summed E-state index contributed by atoms with van der Waals surface area (Å²) in [5, 5.41) is 0. The molecule has 0 aliphatic heterocycles. The van der Waals surface area contributed by atoms with E-state index in [4.69, 9.17) is 0 Å². The fraction of sp³-hybridized carbons (Fsp3) is 0.350. The number of ketones is 1. The van der Waals surface area contributed by atoms with Gasteiger partial charge in [0, 0.05) is 11.5 Å². The highest BCUT2D eigenvalue weighted by Crippen LogP contribution is 2.36. The summed E-state index contributed by atoms with van der Waals surface area (Å²) in [4.78, 5) is 12.7. The topological polar surface area (TPSA) is 17.1 Å². The quantitative estimate of drug-likeness (QED) is 0.675. The first-order chi connectivity index (χ1) is 10.3. The predicted octanol–water partition coefficient (Wildman–Crippen LogP) is 5.33. The molecule has 21 heavy (non-hydrogen) atoms. The Balaban J connectivity index is 1.79. The van der Waals surface area contributed by atoms with E-state index in [1.165, 1.54) is 24.8 Å². The van der Waals surface area contributed by atoms with Crippen molar-refractivity contribution in [1.82, 2.24) is 0 Å².